The summed E-state index contributed by atoms with van der Waals surface area (Å²) in [4.78, 5) is 61.6. The molecule has 5 rings (SSSR count). The maximum absolute atomic E-state index is 13.5. The first kappa shape index (κ1) is 50.1. The maximum atomic E-state index is 13.5. The lowest BCUT2D eigenvalue weighted by Gasteiger charge is -2.29. The molecule has 1 aromatic carbocycles. The van der Waals surface area contributed by atoms with Crippen LogP contribution >= 0.6 is 0 Å². The van der Waals surface area contributed by atoms with Gasteiger partial charge in [-0.05, 0) is 107 Å². The van der Waals surface area contributed by atoms with Gasteiger partial charge in [0.25, 0.3) is 23.6 Å². The molecule has 1 saturated heterocycles. The molecule has 0 spiro atoms. The number of pyridine rings is 1. The number of aromatic nitrogens is 4. The van der Waals surface area contributed by atoms with Gasteiger partial charge in [0.2, 0.25) is 11.5 Å². The minimum absolute atomic E-state index is 0. The smallest absolute Gasteiger partial charge is 0.254 e. The summed E-state index contributed by atoms with van der Waals surface area (Å²) >= 11 is 0. The minimum Gasteiger partial charge on any atom is -0.482 e. The van der Waals surface area contributed by atoms with Gasteiger partial charge in [-0.3, -0.25) is 28.9 Å². The highest BCUT2D eigenvalue weighted by atomic mass is 19.2. The zero-order chi connectivity index (χ0) is 40.9. The molecule has 308 valence electrons. The predicted molar refractivity (Wildman–Crippen MR) is 199 cm³/mol. The minimum atomic E-state index is -1.72. The molecule has 0 saturated carbocycles. The van der Waals surface area contributed by atoms with Crippen molar-refractivity contribution in [3.8, 4) is 5.75 Å². The molecule has 1 fully saturated rings. The fourth-order valence-electron chi connectivity index (χ4n) is 4.18. The van der Waals surface area contributed by atoms with E-state index in [9.17, 15) is 36.7 Å². The second-order valence-corrected chi connectivity index (χ2v) is 15.7. The van der Waals surface area contributed by atoms with E-state index < -0.39 is 51.3 Å². The molecule has 0 radical (unpaired) electrons. The molecule has 0 atom stereocenters. The third kappa shape index (κ3) is 14.7. The molecule has 0 aliphatic carbocycles. The van der Waals surface area contributed by atoms with Crippen LogP contribution < -0.4 is 9.57 Å². The van der Waals surface area contributed by atoms with Crippen LogP contribution in [0.2, 0.25) is 0 Å². The maximum Gasteiger partial charge on any atom is 0.254 e. The molecule has 2 aliphatic rings. The van der Waals surface area contributed by atoms with Gasteiger partial charge in [0.05, 0.1) is 5.60 Å². The van der Waals surface area contributed by atoms with Crippen LogP contribution in [0, 0.1) is 30.2 Å². The van der Waals surface area contributed by atoms with E-state index in [1.54, 1.807) is 47.7 Å². The van der Waals surface area contributed by atoms with Crippen LogP contribution in [0.1, 0.15) is 116 Å². The summed E-state index contributed by atoms with van der Waals surface area (Å²) in [5, 5.41) is 8.67. The number of hydroxylamine groups is 2. The SMILES string of the molecule is C.C.CC(C)(C)N1C(=O)C=CC1=O.CC(C)(C)ON1C(=O)CCC1=O.CC(C)(C)On1nnc2cccnc21.Cc1c(F)c(F)c(F)c(OC(C)(C)C)c1F. The topological polar surface area (TPSA) is 146 Å². The van der Waals surface area contributed by atoms with Gasteiger partial charge in [0, 0.05) is 42.3 Å². The number of carbonyl (C=O) groups is 4. The number of ether oxygens (including phenoxy) is 1. The molecule has 17 heteroatoms. The van der Waals surface area contributed by atoms with Gasteiger partial charge >= 0.3 is 0 Å². The summed E-state index contributed by atoms with van der Waals surface area (Å²) < 4.78 is 57.6. The third-order valence-corrected chi connectivity index (χ3v) is 6.24. The lowest BCUT2D eigenvalue weighted by atomic mass is 10.1. The number of rotatable bonds is 3. The van der Waals surface area contributed by atoms with Crippen LogP contribution in [0.5, 0.6) is 5.75 Å². The molecule has 55 heavy (non-hydrogen) atoms. The molecule has 2 aromatic heterocycles. The van der Waals surface area contributed by atoms with Gasteiger partial charge in [-0.1, -0.05) is 19.7 Å². The highest BCUT2D eigenvalue weighted by Crippen LogP contribution is 2.32. The zero-order valence-corrected chi connectivity index (χ0v) is 32.4. The van der Waals surface area contributed by atoms with E-state index in [0.717, 1.165) is 17.5 Å². The predicted octanol–water partition coefficient (Wildman–Crippen LogP) is 7.63. The van der Waals surface area contributed by atoms with E-state index in [-0.39, 0.29) is 56.9 Å². The Hall–Kier alpha value is -4.93. The first-order valence-corrected chi connectivity index (χ1v) is 16.5. The molecule has 4 heterocycles. The molecular weight excluding hydrogens is 728 g/mol. The van der Waals surface area contributed by atoms with Crippen molar-refractivity contribution in [1.29, 1.82) is 0 Å². The summed E-state index contributed by atoms with van der Waals surface area (Å²) in [5.74, 6) is -7.92. The van der Waals surface area contributed by atoms with E-state index in [1.807, 2.05) is 53.7 Å². The lowest BCUT2D eigenvalue weighted by Crippen LogP contribution is -2.45. The summed E-state index contributed by atoms with van der Waals surface area (Å²) in [6.45, 7) is 22.4. The first-order valence-electron chi connectivity index (χ1n) is 16.5. The van der Waals surface area contributed by atoms with E-state index in [1.165, 1.54) is 21.9 Å². The van der Waals surface area contributed by atoms with Gasteiger partial charge in [-0.15, -0.1) is 5.10 Å². The highest BCUT2D eigenvalue weighted by molar-refractivity contribution is 6.13. The Morgan fingerprint density at radius 2 is 1.16 bits per heavy atom. The third-order valence-electron chi connectivity index (χ3n) is 6.24. The monoisotopic (exact) mass is 784 g/mol. The summed E-state index contributed by atoms with van der Waals surface area (Å²) in [6, 6.07) is 3.66. The van der Waals surface area contributed by atoms with Crippen molar-refractivity contribution in [3.63, 3.8) is 0 Å². The number of carbonyl (C=O) groups excluding carboxylic acids is 4. The molecule has 2 aliphatic heterocycles. The Balaban J connectivity index is 0.000000705. The molecular formula is C38H56F4N6O7. The van der Waals surface area contributed by atoms with E-state index in [2.05, 4.69) is 15.3 Å². The molecule has 13 nitrogen and oxygen atoms in total. The quantitative estimate of drug-likeness (QED) is 0.112. The number of amides is 4. The van der Waals surface area contributed by atoms with Crippen molar-refractivity contribution < 1.29 is 51.2 Å². The van der Waals surface area contributed by atoms with Gasteiger partial charge in [-0.2, -0.15) is 9.45 Å². The van der Waals surface area contributed by atoms with Crippen LogP contribution in [0.15, 0.2) is 30.5 Å². The Bertz CT molecular complexity index is 1790. The first-order chi connectivity index (χ1) is 24.0. The van der Waals surface area contributed by atoms with E-state index in [0.29, 0.717) is 5.65 Å². The normalized spacial score (nSPS) is 14.3. The van der Waals surface area contributed by atoms with Crippen molar-refractivity contribution >= 4 is 34.8 Å². The van der Waals surface area contributed by atoms with Crippen molar-refractivity contribution in [2.45, 2.75) is 140 Å². The number of imide groups is 2. The number of benzene rings is 1. The largest absolute Gasteiger partial charge is 0.482 e. The molecule has 0 unspecified atom stereocenters. The standard InChI is InChI=1S/C11H12F4O.C9H12N4O.C8H13NO3.C8H11NO2.2CH4/c1-5-6(12)8(14)9(15)10(7(5)13)16-11(2,3)4;1-9(2,3)14-13-8-7(11-12-13)5-4-6-10-8;1-8(2,3)12-9-6(10)4-5-7(9)11;1-8(2,3)9-6(10)4-5-7(9)11;;/h1-4H3;4-6H,1-3H3;4-5H2,1-3H3;4-5H,1-3H3;2*1H4. The average Bonchev–Trinajstić information content (AvgIpc) is 3.68. The molecule has 4 amide bonds. The molecule has 3 aromatic rings. The van der Waals surface area contributed by atoms with Crippen LogP contribution in [0.3, 0.4) is 0 Å². The van der Waals surface area contributed by atoms with Crippen LogP contribution in [-0.2, 0) is 24.0 Å². The number of nitrogens with zero attached hydrogens (tertiary/aromatic N) is 6. The summed E-state index contributed by atoms with van der Waals surface area (Å²) in [6.07, 6.45) is 4.83. The van der Waals surface area contributed by atoms with Gasteiger partial charge in [0.15, 0.2) is 23.2 Å². The van der Waals surface area contributed by atoms with Crippen LogP contribution in [0.4, 0.5) is 17.6 Å². The second kappa shape index (κ2) is 19.1. The Labute approximate surface area is 320 Å². The van der Waals surface area contributed by atoms with Crippen molar-refractivity contribution in [2.24, 2.45) is 0 Å². The Morgan fingerprint density at radius 3 is 1.58 bits per heavy atom. The highest BCUT2D eigenvalue weighted by Gasteiger charge is 2.34. The van der Waals surface area contributed by atoms with Crippen LogP contribution in [-0.4, -0.2) is 76.1 Å². The second-order valence-electron chi connectivity index (χ2n) is 15.7. The zero-order valence-electron chi connectivity index (χ0n) is 32.4. The average molecular weight is 785 g/mol. The number of hydrogen-bond acceptors (Lipinski definition) is 10. The summed E-state index contributed by atoms with van der Waals surface area (Å²) in [7, 11) is 0. The number of hydrogen-bond donors (Lipinski definition) is 0. The number of fused-ring (bicyclic) bond motifs is 1. The Kier molecular flexibility index (Phi) is 17.4. The lowest BCUT2D eigenvalue weighted by molar-refractivity contribution is -0.218. The number of halogens is 4. The van der Waals surface area contributed by atoms with Crippen molar-refractivity contribution in [1.82, 2.24) is 30.1 Å². The Morgan fingerprint density at radius 1 is 0.673 bits per heavy atom. The van der Waals surface area contributed by atoms with Crippen molar-refractivity contribution in [2.75, 3.05) is 0 Å². The van der Waals surface area contributed by atoms with Crippen LogP contribution in [0.25, 0.3) is 11.2 Å². The van der Waals surface area contributed by atoms with Gasteiger partial charge in [-0.25, -0.2) is 18.2 Å². The molecule has 0 bridgehead atoms. The molecule has 0 N–H and O–H groups in total. The fourth-order valence-corrected chi connectivity index (χ4v) is 4.18. The van der Waals surface area contributed by atoms with Gasteiger partial charge in [0.1, 0.15) is 16.7 Å². The summed E-state index contributed by atoms with van der Waals surface area (Å²) in [5.41, 5.74) is -1.33. The van der Waals surface area contributed by atoms with Crippen molar-refractivity contribution in [3.05, 3.63) is 59.3 Å². The van der Waals surface area contributed by atoms with E-state index in [4.69, 9.17) is 14.4 Å². The van der Waals surface area contributed by atoms with E-state index >= 15 is 0 Å². The van der Waals surface area contributed by atoms with Gasteiger partial charge < -0.3 is 9.57 Å². The fraction of sp³-hybridized carbons (Fsp3) is 0.553.